The van der Waals surface area contributed by atoms with Crippen molar-refractivity contribution in [3.05, 3.63) is 52.8 Å². The number of phenolic OH excluding ortho intramolecular Hbond substituents is 3. The Balaban J connectivity index is 1.47. The number of phosphoric ester groups is 1. The van der Waals surface area contributed by atoms with Crippen molar-refractivity contribution in [3.63, 3.8) is 0 Å². The highest BCUT2D eigenvalue weighted by Gasteiger charge is 2.51. The summed E-state index contributed by atoms with van der Waals surface area (Å²) in [6, 6.07) is 0. The second kappa shape index (κ2) is 22.5. The predicted octanol–water partition coefficient (Wildman–Crippen LogP) is 2.92. The Morgan fingerprint density at radius 3 is 2.22 bits per heavy atom. The maximum Gasteiger partial charge on any atom is 0.469 e. The Bertz CT molecular complexity index is 2540. The van der Waals surface area contributed by atoms with Gasteiger partial charge in [-0.3, -0.25) is 23.9 Å². The number of benzene rings is 2. The lowest BCUT2D eigenvalue weighted by Gasteiger charge is -2.41. The molecule has 5 aliphatic heterocycles. The third-order valence-corrected chi connectivity index (χ3v) is 14.3. The van der Waals surface area contributed by atoms with Crippen LogP contribution in [-0.4, -0.2) is 176 Å². The van der Waals surface area contributed by atoms with Gasteiger partial charge in [0.25, 0.3) is 11.7 Å². The lowest BCUT2D eigenvalue weighted by atomic mass is 9.78. The van der Waals surface area contributed by atoms with E-state index in [0.29, 0.717) is 26.2 Å². The van der Waals surface area contributed by atoms with Crippen LogP contribution in [-0.2, 0) is 42.4 Å². The summed E-state index contributed by atoms with van der Waals surface area (Å²) in [5.74, 6) is -9.78. The zero-order valence-electron chi connectivity index (χ0n) is 41.8. The first kappa shape index (κ1) is 56.1. The monoisotopic (exact) mass is 1030 g/mol. The number of nitrogens with zero attached hydrogens (tertiary/aromatic N) is 3. The third-order valence-electron chi connectivity index (χ3n) is 13.8. The van der Waals surface area contributed by atoms with Crippen LogP contribution < -0.4 is 10.1 Å². The highest BCUT2D eigenvalue weighted by molar-refractivity contribution is 7.46. The number of phosphoric acid groups is 1. The number of carbonyl (C=O) groups excluding carboxylic acids is 3. The summed E-state index contributed by atoms with van der Waals surface area (Å²) >= 11 is 0. The molecule has 1 amide bonds. The van der Waals surface area contributed by atoms with Crippen LogP contribution in [0.4, 0.5) is 5.69 Å². The zero-order chi connectivity index (χ0) is 53.3. The van der Waals surface area contributed by atoms with Crippen LogP contribution in [0.2, 0.25) is 0 Å². The van der Waals surface area contributed by atoms with Crippen LogP contribution in [0.15, 0.2) is 41.2 Å². The van der Waals surface area contributed by atoms with Gasteiger partial charge < -0.3 is 79.1 Å². The van der Waals surface area contributed by atoms with E-state index in [0.717, 1.165) is 6.26 Å². The van der Waals surface area contributed by atoms with E-state index in [1.807, 2.05) is 7.05 Å². The Labute approximate surface area is 416 Å². The van der Waals surface area contributed by atoms with Gasteiger partial charge in [-0.05, 0) is 27.0 Å². The summed E-state index contributed by atoms with van der Waals surface area (Å²) in [6.07, 6.45) is -2.81. The van der Waals surface area contributed by atoms with Gasteiger partial charge in [0.1, 0.15) is 41.7 Å². The van der Waals surface area contributed by atoms with Crippen LogP contribution in [0.25, 0.3) is 10.8 Å². The number of allylic oxidation sites excluding steroid dienone is 2. The van der Waals surface area contributed by atoms with Crippen molar-refractivity contribution in [1.29, 1.82) is 0 Å². The number of esters is 1. The lowest BCUT2D eigenvalue weighted by molar-refractivity contribution is -0.231. The molecule has 398 valence electrons. The van der Waals surface area contributed by atoms with E-state index in [-0.39, 0.29) is 44.5 Å². The average molecular weight is 1040 g/mol. The molecule has 2 aromatic carbocycles. The molecule has 9 N–H and O–H groups in total. The molecule has 0 unspecified atom stereocenters. The fraction of sp³-hybridized carbons (Fsp3) is 0.583. The number of nitrogens with one attached hydrogen (secondary N) is 1. The first-order chi connectivity index (χ1) is 33.7. The molecule has 7 rings (SSSR count). The molecule has 2 saturated heterocycles. The highest BCUT2D eigenvalue weighted by atomic mass is 31.2. The van der Waals surface area contributed by atoms with E-state index in [1.165, 1.54) is 59.2 Å². The van der Waals surface area contributed by atoms with Gasteiger partial charge >= 0.3 is 19.6 Å². The topological polar surface area (TPSA) is 326 Å². The van der Waals surface area contributed by atoms with Crippen molar-refractivity contribution < 1.29 is 92.3 Å². The number of Topliss-reactive ketones (excluding diaryl/α,β-unsaturated/α-hetero) is 1. The number of anilines is 1. The zero-order valence-corrected chi connectivity index (χ0v) is 42.7. The number of ether oxygens (including phenoxy) is 6. The van der Waals surface area contributed by atoms with Gasteiger partial charge in [0.2, 0.25) is 0 Å². The second-order valence-corrected chi connectivity index (χ2v) is 20.3. The smallest absolute Gasteiger partial charge is 0.469 e. The molecule has 2 aromatic rings. The van der Waals surface area contributed by atoms with Gasteiger partial charge in [0.15, 0.2) is 12.0 Å². The number of likely N-dealkylation sites (N-methyl/N-ethyl adjacent to an activating group) is 1. The molecule has 0 spiro atoms. The number of fused-ring (bicyclic) bond motifs is 14. The Hall–Kier alpha value is -5.17. The van der Waals surface area contributed by atoms with Crippen molar-refractivity contribution in [2.24, 2.45) is 28.8 Å². The number of hydrazone groups is 1. The van der Waals surface area contributed by atoms with Crippen molar-refractivity contribution in [2.75, 3.05) is 52.3 Å². The molecule has 5 bridgehead atoms. The minimum absolute atomic E-state index is 0.00125. The molecular formula is C48H67N4O19P. The lowest BCUT2D eigenvalue weighted by Crippen LogP contribution is -2.50. The van der Waals surface area contributed by atoms with Crippen LogP contribution in [0.1, 0.15) is 70.0 Å². The number of hydrogen-bond donors (Lipinski definition) is 9. The van der Waals surface area contributed by atoms with Gasteiger partial charge in [0, 0.05) is 87.3 Å². The normalized spacial score (nSPS) is 33.5. The van der Waals surface area contributed by atoms with Crippen molar-refractivity contribution in [2.45, 2.75) is 110 Å². The van der Waals surface area contributed by atoms with Crippen LogP contribution in [0, 0.1) is 30.6 Å². The van der Waals surface area contributed by atoms with E-state index in [9.17, 15) is 59.4 Å². The highest BCUT2D eigenvalue weighted by Crippen LogP contribution is 2.55. The Morgan fingerprint density at radius 1 is 0.931 bits per heavy atom. The number of rotatable bonds is 9. The van der Waals surface area contributed by atoms with E-state index in [4.69, 9.17) is 28.4 Å². The summed E-state index contributed by atoms with van der Waals surface area (Å²) in [6.45, 7) is 13.6. The first-order valence-electron chi connectivity index (χ1n) is 23.5. The van der Waals surface area contributed by atoms with Crippen LogP contribution >= 0.6 is 7.82 Å². The van der Waals surface area contributed by atoms with Crippen LogP contribution in [0.3, 0.4) is 0 Å². The Morgan fingerprint density at radius 2 is 1.60 bits per heavy atom. The number of piperazine rings is 1. The maximum absolute atomic E-state index is 14.6. The molecule has 2 fully saturated rings. The Kier molecular flexibility index (Phi) is 17.6. The van der Waals surface area contributed by atoms with Gasteiger partial charge in [-0.1, -0.05) is 45.9 Å². The third kappa shape index (κ3) is 11.8. The average Bonchev–Trinajstić information content (AvgIpc) is 3.75. The molecule has 24 heteroatoms. The minimum Gasteiger partial charge on any atom is -0.507 e. The van der Waals surface area contributed by atoms with Crippen molar-refractivity contribution in [1.82, 2.24) is 9.91 Å². The summed E-state index contributed by atoms with van der Waals surface area (Å²) in [7, 11) is -1.69. The quantitative estimate of drug-likeness (QED) is 0.0573. The van der Waals surface area contributed by atoms with Gasteiger partial charge in [-0.2, -0.15) is 5.10 Å². The van der Waals surface area contributed by atoms with E-state index < -0.39 is 128 Å². The molecule has 13 atom stereocenters. The summed E-state index contributed by atoms with van der Waals surface area (Å²) in [4.78, 5) is 62.1. The SMILES string of the molecule is CO[C@H]1C=CO[C@@]2(C)Oc3c(C)c(O)c4c(O)c(c(/C=N/N5CCN(C)CC5)c(O)c4c3C2=O)NC(=O)/C(C)=C\C=C/[C@H](C)[C@H](O)[C@@H](C)[C@@H](O[C@H]2O[C@H](COP(=O)(O)O)[C@@H](O)[C@H]2O)[C@@H](C)[C@H](OC(C)=O)[C@@H]1C. The number of aliphatic hydroxyl groups is 3. The van der Waals surface area contributed by atoms with Crippen LogP contribution in [0.5, 0.6) is 23.0 Å². The second-order valence-electron chi connectivity index (χ2n) is 19.0. The van der Waals surface area contributed by atoms with Gasteiger partial charge in [0.05, 0.1) is 59.6 Å². The van der Waals surface area contributed by atoms with Crippen molar-refractivity contribution in [3.8, 4) is 23.0 Å². The molecular weight excluding hydrogens is 968 g/mol. The number of hydrogen-bond acceptors (Lipinski definition) is 20. The number of aromatic hydroxyl groups is 3. The number of phenols is 3. The summed E-state index contributed by atoms with van der Waals surface area (Å²) in [5, 5.41) is 78.0. The minimum atomic E-state index is -5.01. The standard InChI is InChI=1S/C48H67N4O19P/c1-22-12-11-13-23(2)46(61)50-35-29(20-49-52-17-15-51(9)16-18-52)38(56)32-33(40(35)58)37(55)26(5)44-34(32)45(60)48(8,71-44)66-19-14-30(65-10)24(3)42(68-28(7)53)27(6)43(25(4)36(22)54)70-47-41(59)39(57)31(69-47)21-67-72(62,63)64/h11-14,19-20,22,24-25,27,30-31,36,39,41-43,47,54-59H,15-18,21H2,1-10H3,(H,50,61)(H2,62,63,64)/b12-11-,19-14?,23-13-,49-20+/t22-,24+,25+,27-,30-,31+,36-,39+,41+,42+,43+,47+,48-/m0/s1. The molecule has 0 radical (unpaired) electrons. The first-order valence-corrected chi connectivity index (χ1v) is 25.0. The molecule has 5 aliphatic rings. The van der Waals surface area contributed by atoms with E-state index in [1.54, 1.807) is 38.8 Å². The van der Waals surface area contributed by atoms with Crippen molar-refractivity contribution >= 4 is 48.2 Å². The predicted molar refractivity (Wildman–Crippen MR) is 258 cm³/mol. The number of ketones is 1. The van der Waals surface area contributed by atoms with E-state index in [2.05, 4.69) is 19.8 Å². The largest absolute Gasteiger partial charge is 0.507 e. The number of amides is 1. The van der Waals surface area contributed by atoms with Gasteiger partial charge in [-0.15, -0.1) is 0 Å². The molecule has 0 aromatic heterocycles. The fourth-order valence-corrected chi connectivity index (χ4v) is 9.79. The molecule has 23 nitrogen and oxygen atoms in total. The number of methoxy groups -OCH3 is 1. The number of carbonyl (C=O) groups is 3. The molecule has 5 heterocycles. The summed E-state index contributed by atoms with van der Waals surface area (Å²) < 4.78 is 52.1. The molecule has 0 aliphatic carbocycles. The molecule has 0 saturated carbocycles. The fourth-order valence-electron chi connectivity index (χ4n) is 9.45. The number of aliphatic hydroxyl groups excluding tert-OH is 3. The molecule has 72 heavy (non-hydrogen) atoms. The van der Waals surface area contributed by atoms with E-state index >= 15 is 0 Å². The summed E-state index contributed by atoms with van der Waals surface area (Å²) in [5.41, 5.74) is -0.680. The maximum atomic E-state index is 14.6. The van der Waals surface area contributed by atoms with Gasteiger partial charge in [-0.25, -0.2) is 4.57 Å².